The van der Waals surface area contributed by atoms with E-state index in [4.69, 9.17) is 4.74 Å². The van der Waals surface area contributed by atoms with E-state index < -0.39 is 0 Å². The lowest BCUT2D eigenvalue weighted by molar-refractivity contribution is -0.0978. The molecule has 2 rings (SSSR count). The van der Waals surface area contributed by atoms with Crippen molar-refractivity contribution in [3.63, 3.8) is 0 Å². The summed E-state index contributed by atoms with van der Waals surface area (Å²) in [6.45, 7) is 12.4. The van der Waals surface area contributed by atoms with Crippen molar-refractivity contribution >= 4 is 11.3 Å². The van der Waals surface area contributed by atoms with Crippen LogP contribution in [-0.4, -0.2) is 19.3 Å². The lowest BCUT2D eigenvalue weighted by Gasteiger charge is -2.51. The number of ether oxygens (including phenoxy) is 1. The number of hydrogen-bond donors (Lipinski definition) is 1. The summed E-state index contributed by atoms with van der Waals surface area (Å²) >= 11 is 1.93. The molecule has 2 nitrogen and oxygen atoms in total. The van der Waals surface area contributed by atoms with Crippen LogP contribution < -0.4 is 5.32 Å². The first-order valence-corrected chi connectivity index (χ1v) is 7.92. The Morgan fingerprint density at radius 3 is 2.53 bits per heavy atom. The van der Waals surface area contributed by atoms with E-state index in [0.717, 1.165) is 13.0 Å². The number of hydrogen-bond acceptors (Lipinski definition) is 3. The highest BCUT2D eigenvalue weighted by Gasteiger charge is 2.48. The van der Waals surface area contributed by atoms with Crippen molar-refractivity contribution in [3.8, 4) is 0 Å². The average Bonchev–Trinajstić information content (AvgIpc) is 2.76. The molecule has 0 bridgehead atoms. The van der Waals surface area contributed by atoms with Gasteiger partial charge >= 0.3 is 0 Å². The van der Waals surface area contributed by atoms with E-state index in [1.807, 2.05) is 18.4 Å². The van der Waals surface area contributed by atoms with Gasteiger partial charge in [-0.2, -0.15) is 0 Å². The van der Waals surface area contributed by atoms with Crippen LogP contribution in [0.25, 0.3) is 0 Å². The molecule has 0 amide bonds. The molecule has 3 heteroatoms. The number of nitrogens with one attached hydrogen (secondary N) is 1. The fourth-order valence-electron chi connectivity index (χ4n) is 2.73. The van der Waals surface area contributed by atoms with Crippen molar-refractivity contribution in [1.29, 1.82) is 0 Å². The third kappa shape index (κ3) is 3.04. The van der Waals surface area contributed by atoms with Gasteiger partial charge in [0.05, 0.1) is 6.10 Å². The van der Waals surface area contributed by atoms with E-state index in [1.165, 1.54) is 9.75 Å². The summed E-state index contributed by atoms with van der Waals surface area (Å²) in [7, 11) is 1.82. The van der Waals surface area contributed by atoms with E-state index in [2.05, 4.69) is 52.1 Å². The van der Waals surface area contributed by atoms with Crippen molar-refractivity contribution in [2.45, 2.75) is 65.1 Å². The second-order valence-electron chi connectivity index (χ2n) is 7.23. The quantitative estimate of drug-likeness (QED) is 0.902. The van der Waals surface area contributed by atoms with Crippen LogP contribution >= 0.6 is 11.3 Å². The Labute approximate surface area is 121 Å². The topological polar surface area (TPSA) is 21.3 Å². The highest BCUT2D eigenvalue weighted by molar-refractivity contribution is 7.12. The fraction of sp³-hybridized carbons (Fsp3) is 0.750. The smallest absolute Gasteiger partial charge is 0.0652 e. The van der Waals surface area contributed by atoms with E-state index >= 15 is 0 Å². The number of methoxy groups -OCH3 is 1. The van der Waals surface area contributed by atoms with Gasteiger partial charge in [-0.1, -0.05) is 34.6 Å². The molecule has 2 atom stereocenters. The maximum absolute atomic E-state index is 5.50. The molecule has 19 heavy (non-hydrogen) atoms. The second-order valence-corrected chi connectivity index (χ2v) is 8.40. The molecule has 1 aromatic heterocycles. The highest BCUT2D eigenvalue weighted by Crippen LogP contribution is 2.42. The minimum atomic E-state index is 0.249. The molecule has 0 spiro atoms. The molecule has 1 saturated carbocycles. The van der Waals surface area contributed by atoms with E-state index in [0.29, 0.717) is 12.1 Å². The van der Waals surface area contributed by atoms with Gasteiger partial charge in [0, 0.05) is 34.9 Å². The first-order valence-electron chi connectivity index (χ1n) is 7.10. The van der Waals surface area contributed by atoms with Gasteiger partial charge < -0.3 is 10.1 Å². The molecule has 0 aliphatic heterocycles. The lowest BCUT2D eigenvalue weighted by Crippen LogP contribution is -2.60. The van der Waals surface area contributed by atoms with Gasteiger partial charge in [0.25, 0.3) is 0 Å². The largest absolute Gasteiger partial charge is 0.381 e. The zero-order chi connectivity index (χ0) is 14.3. The Balaban J connectivity index is 1.89. The monoisotopic (exact) mass is 281 g/mol. The van der Waals surface area contributed by atoms with Crippen LogP contribution in [0, 0.1) is 5.41 Å². The predicted molar refractivity (Wildman–Crippen MR) is 82.8 cm³/mol. The average molecular weight is 281 g/mol. The Morgan fingerprint density at radius 1 is 1.37 bits per heavy atom. The Bertz CT molecular complexity index is 430. The summed E-state index contributed by atoms with van der Waals surface area (Å²) < 4.78 is 5.50. The normalized spacial score (nSPS) is 26.2. The second kappa shape index (κ2) is 5.19. The molecular formula is C16H27NOS. The fourth-order valence-corrected chi connectivity index (χ4v) is 3.75. The summed E-state index contributed by atoms with van der Waals surface area (Å²) in [5.41, 5.74) is 0.513. The number of thiophene rings is 1. The minimum absolute atomic E-state index is 0.249. The Kier molecular flexibility index (Phi) is 4.10. The van der Waals surface area contributed by atoms with Crippen molar-refractivity contribution in [2.24, 2.45) is 5.41 Å². The maximum atomic E-state index is 5.50. The van der Waals surface area contributed by atoms with Crippen molar-refractivity contribution in [1.82, 2.24) is 5.32 Å². The predicted octanol–water partition coefficient (Wildman–Crippen LogP) is 3.95. The van der Waals surface area contributed by atoms with Gasteiger partial charge in [0.1, 0.15) is 0 Å². The summed E-state index contributed by atoms with van der Waals surface area (Å²) in [4.78, 5) is 2.90. The van der Waals surface area contributed by atoms with Gasteiger partial charge in [-0.15, -0.1) is 11.3 Å². The molecule has 1 aliphatic carbocycles. The molecule has 1 N–H and O–H groups in total. The van der Waals surface area contributed by atoms with Gasteiger partial charge in [-0.05, 0) is 24.0 Å². The molecule has 0 aromatic carbocycles. The lowest BCUT2D eigenvalue weighted by atomic mass is 9.64. The van der Waals surface area contributed by atoms with E-state index in [-0.39, 0.29) is 10.8 Å². The summed E-state index contributed by atoms with van der Waals surface area (Å²) in [5, 5.41) is 3.69. The van der Waals surface area contributed by atoms with Crippen molar-refractivity contribution in [2.75, 3.05) is 7.11 Å². The third-order valence-corrected chi connectivity index (χ3v) is 5.90. The van der Waals surface area contributed by atoms with Crippen molar-refractivity contribution in [3.05, 3.63) is 21.9 Å². The van der Waals surface area contributed by atoms with E-state index in [9.17, 15) is 0 Å². The van der Waals surface area contributed by atoms with Gasteiger partial charge in [0.15, 0.2) is 0 Å². The Hall–Kier alpha value is -0.380. The molecule has 108 valence electrons. The molecule has 0 saturated heterocycles. The van der Waals surface area contributed by atoms with Crippen LogP contribution in [0.1, 0.15) is 50.8 Å². The van der Waals surface area contributed by atoms with Crippen LogP contribution in [0.2, 0.25) is 0 Å². The molecule has 1 fully saturated rings. The van der Waals surface area contributed by atoms with E-state index in [1.54, 1.807) is 0 Å². The molecule has 2 unspecified atom stereocenters. The van der Waals surface area contributed by atoms with Gasteiger partial charge in [0.2, 0.25) is 0 Å². The third-order valence-electron chi connectivity index (χ3n) is 4.39. The number of rotatable bonds is 4. The maximum Gasteiger partial charge on any atom is 0.0652 e. The molecule has 0 radical (unpaired) electrons. The summed E-state index contributed by atoms with van der Waals surface area (Å²) in [6, 6.07) is 5.10. The van der Waals surface area contributed by atoms with Gasteiger partial charge in [-0.25, -0.2) is 0 Å². The van der Waals surface area contributed by atoms with Crippen molar-refractivity contribution < 1.29 is 4.74 Å². The standard InChI is InChI=1S/C16H27NOS/c1-15(2,3)14-8-7-11(19-14)10-17-12-9-13(18-6)16(12,4)5/h7-8,12-13,17H,9-10H2,1-6H3. The molecule has 1 aliphatic rings. The van der Waals surface area contributed by atoms with Crippen LogP contribution in [0.5, 0.6) is 0 Å². The first-order chi connectivity index (χ1) is 8.75. The van der Waals surface area contributed by atoms with Crippen LogP contribution in [0.4, 0.5) is 0 Å². The highest BCUT2D eigenvalue weighted by atomic mass is 32.1. The first kappa shape index (κ1) is 15.0. The van der Waals surface area contributed by atoms with Crippen LogP contribution in [-0.2, 0) is 16.7 Å². The SMILES string of the molecule is COC1CC(NCc2ccc(C(C)(C)C)s2)C1(C)C. The summed E-state index contributed by atoms with van der Waals surface area (Å²) in [6.07, 6.45) is 1.53. The summed E-state index contributed by atoms with van der Waals surface area (Å²) in [5.74, 6) is 0. The zero-order valence-electron chi connectivity index (χ0n) is 13.0. The minimum Gasteiger partial charge on any atom is -0.381 e. The zero-order valence-corrected chi connectivity index (χ0v) is 13.9. The molecular weight excluding hydrogens is 254 g/mol. The molecule has 1 heterocycles. The Morgan fingerprint density at radius 2 is 2.05 bits per heavy atom. The van der Waals surface area contributed by atoms with Crippen LogP contribution in [0.15, 0.2) is 12.1 Å². The van der Waals surface area contributed by atoms with Gasteiger partial charge in [-0.3, -0.25) is 0 Å². The van der Waals surface area contributed by atoms with Crippen LogP contribution in [0.3, 0.4) is 0 Å². The molecule has 1 aromatic rings.